The summed E-state index contributed by atoms with van der Waals surface area (Å²) in [4.78, 5) is 4.52. The molecule has 1 aromatic carbocycles. The van der Waals surface area contributed by atoms with E-state index in [1.54, 1.807) is 6.07 Å². The van der Waals surface area contributed by atoms with E-state index in [0.717, 1.165) is 16.9 Å². The minimum Gasteiger partial charge on any atom is -0.324 e. The van der Waals surface area contributed by atoms with Gasteiger partial charge in [0.2, 0.25) is 0 Å². The van der Waals surface area contributed by atoms with Gasteiger partial charge in [-0.15, -0.1) is 11.6 Å². The van der Waals surface area contributed by atoms with E-state index in [0.29, 0.717) is 27.9 Å². The van der Waals surface area contributed by atoms with Gasteiger partial charge in [-0.2, -0.15) is 0 Å². The molecule has 2 atom stereocenters. The molecule has 1 fully saturated rings. The quantitative estimate of drug-likeness (QED) is 0.735. The van der Waals surface area contributed by atoms with Crippen LogP contribution in [-0.4, -0.2) is 9.55 Å². The molecule has 0 N–H and O–H groups in total. The topological polar surface area (TPSA) is 17.8 Å². The summed E-state index contributed by atoms with van der Waals surface area (Å²) in [7, 11) is 0. The van der Waals surface area contributed by atoms with E-state index in [1.807, 2.05) is 6.07 Å². The third-order valence-corrected chi connectivity index (χ3v) is 4.28. The summed E-state index contributed by atoms with van der Waals surface area (Å²) < 4.78 is 2.20. The van der Waals surface area contributed by atoms with E-state index >= 15 is 0 Å². The van der Waals surface area contributed by atoms with Gasteiger partial charge in [-0.25, -0.2) is 4.98 Å². The Kier molecular flexibility index (Phi) is 2.77. The second-order valence-electron chi connectivity index (χ2n) is 4.57. The van der Waals surface area contributed by atoms with E-state index in [2.05, 4.69) is 16.5 Å². The maximum atomic E-state index is 6.07. The average molecular weight is 290 g/mol. The maximum Gasteiger partial charge on any atom is 0.125 e. The predicted octanol–water partition coefficient (Wildman–Crippen LogP) is 4.66. The summed E-state index contributed by atoms with van der Waals surface area (Å²) in [6.07, 6.45) is 1.18. The van der Waals surface area contributed by atoms with Crippen molar-refractivity contribution in [1.29, 1.82) is 0 Å². The van der Waals surface area contributed by atoms with Crippen LogP contribution in [0.25, 0.3) is 11.0 Å². The van der Waals surface area contributed by atoms with E-state index in [-0.39, 0.29) is 0 Å². The Labute approximate surface area is 114 Å². The van der Waals surface area contributed by atoms with Crippen molar-refractivity contribution in [2.75, 3.05) is 0 Å². The molecule has 0 aliphatic heterocycles. The minimum absolute atomic E-state index is 0.410. The van der Waals surface area contributed by atoms with Crippen LogP contribution in [0, 0.1) is 5.92 Å². The summed E-state index contributed by atoms with van der Waals surface area (Å²) in [5, 5.41) is 1.10. The molecule has 1 saturated carbocycles. The highest BCUT2D eigenvalue weighted by atomic mass is 35.5. The summed E-state index contributed by atoms with van der Waals surface area (Å²) >= 11 is 18.0. The van der Waals surface area contributed by atoms with Crippen LogP contribution in [0.5, 0.6) is 0 Å². The molecule has 1 aliphatic carbocycles. The number of fused-ring (bicyclic) bond motifs is 1. The molecule has 2 unspecified atom stereocenters. The molecule has 2 nitrogen and oxygen atoms in total. The maximum absolute atomic E-state index is 6.07. The van der Waals surface area contributed by atoms with Crippen LogP contribution >= 0.6 is 34.8 Å². The van der Waals surface area contributed by atoms with Gasteiger partial charge >= 0.3 is 0 Å². The molecule has 2 aromatic rings. The van der Waals surface area contributed by atoms with Gasteiger partial charge in [-0.05, 0) is 24.5 Å². The molecule has 1 heterocycles. The zero-order valence-corrected chi connectivity index (χ0v) is 11.5. The summed E-state index contributed by atoms with van der Waals surface area (Å²) in [5.41, 5.74) is 1.90. The molecule has 0 bridgehead atoms. The number of imidazole rings is 1. The van der Waals surface area contributed by atoms with Gasteiger partial charge in [0.15, 0.2) is 0 Å². The van der Waals surface area contributed by atoms with Gasteiger partial charge in [0.25, 0.3) is 0 Å². The highest BCUT2D eigenvalue weighted by Crippen LogP contribution is 2.45. The summed E-state index contributed by atoms with van der Waals surface area (Å²) in [5.74, 6) is 1.99. The number of hydrogen-bond donors (Lipinski definition) is 0. The van der Waals surface area contributed by atoms with E-state index in [1.165, 1.54) is 6.42 Å². The minimum atomic E-state index is 0.410. The smallest absolute Gasteiger partial charge is 0.125 e. The Bertz CT molecular complexity index is 591. The van der Waals surface area contributed by atoms with Crippen molar-refractivity contribution in [3.05, 3.63) is 28.0 Å². The van der Waals surface area contributed by atoms with Gasteiger partial charge in [0.05, 0.1) is 27.0 Å². The van der Waals surface area contributed by atoms with Gasteiger partial charge < -0.3 is 4.57 Å². The number of nitrogens with zero attached hydrogens (tertiary/aromatic N) is 2. The first-order valence-corrected chi connectivity index (χ1v) is 6.82. The molecule has 17 heavy (non-hydrogen) atoms. The largest absolute Gasteiger partial charge is 0.324 e. The van der Waals surface area contributed by atoms with E-state index in [4.69, 9.17) is 34.8 Å². The van der Waals surface area contributed by atoms with Crippen LogP contribution in [0.2, 0.25) is 10.0 Å². The molecule has 90 valence electrons. The summed E-state index contributed by atoms with van der Waals surface area (Å²) in [6.45, 7) is 2.23. The molecule has 0 spiro atoms. The number of hydrogen-bond acceptors (Lipinski definition) is 1. The second-order valence-corrected chi connectivity index (χ2v) is 5.65. The molecule has 0 amide bonds. The van der Waals surface area contributed by atoms with E-state index < -0.39 is 0 Å². The van der Waals surface area contributed by atoms with Crippen LogP contribution in [0.4, 0.5) is 0 Å². The third-order valence-electron chi connectivity index (χ3n) is 3.32. The van der Waals surface area contributed by atoms with Gasteiger partial charge in [0, 0.05) is 6.04 Å². The van der Waals surface area contributed by atoms with Crippen molar-refractivity contribution >= 4 is 45.8 Å². The van der Waals surface area contributed by atoms with Crippen molar-refractivity contribution in [3.63, 3.8) is 0 Å². The van der Waals surface area contributed by atoms with Crippen molar-refractivity contribution in [3.8, 4) is 0 Å². The lowest BCUT2D eigenvalue weighted by atomic mass is 10.3. The monoisotopic (exact) mass is 288 g/mol. The Morgan fingerprint density at radius 3 is 2.59 bits per heavy atom. The second kappa shape index (κ2) is 4.04. The first-order valence-electron chi connectivity index (χ1n) is 5.53. The van der Waals surface area contributed by atoms with Crippen LogP contribution in [-0.2, 0) is 5.88 Å². The average Bonchev–Trinajstić information content (AvgIpc) is 2.89. The van der Waals surface area contributed by atoms with Gasteiger partial charge in [-0.1, -0.05) is 30.1 Å². The Morgan fingerprint density at radius 2 is 2.00 bits per heavy atom. The first-order chi connectivity index (χ1) is 8.11. The van der Waals surface area contributed by atoms with Crippen LogP contribution in [0.3, 0.4) is 0 Å². The number of alkyl halides is 1. The van der Waals surface area contributed by atoms with Crippen LogP contribution in [0.15, 0.2) is 12.1 Å². The number of benzene rings is 1. The van der Waals surface area contributed by atoms with Crippen molar-refractivity contribution < 1.29 is 0 Å². The van der Waals surface area contributed by atoms with Crippen molar-refractivity contribution in [2.45, 2.75) is 25.3 Å². The van der Waals surface area contributed by atoms with Gasteiger partial charge in [-0.3, -0.25) is 0 Å². The van der Waals surface area contributed by atoms with E-state index in [9.17, 15) is 0 Å². The van der Waals surface area contributed by atoms with Crippen molar-refractivity contribution in [1.82, 2.24) is 9.55 Å². The molecular formula is C12H11Cl3N2. The zero-order chi connectivity index (χ0) is 12.2. The fraction of sp³-hybridized carbons (Fsp3) is 0.417. The Hall–Kier alpha value is -0.440. The lowest BCUT2D eigenvalue weighted by Gasteiger charge is -2.06. The fourth-order valence-corrected chi connectivity index (χ4v) is 2.77. The molecule has 0 saturated heterocycles. The zero-order valence-electron chi connectivity index (χ0n) is 9.25. The predicted molar refractivity (Wildman–Crippen MR) is 72.1 cm³/mol. The fourth-order valence-electron chi connectivity index (χ4n) is 2.27. The van der Waals surface area contributed by atoms with Crippen LogP contribution in [0.1, 0.15) is 25.2 Å². The molecule has 3 rings (SSSR count). The van der Waals surface area contributed by atoms with Crippen molar-refractivity contribution in [2.24, 2.45) is 5.92 Å². The molecule has 0 radical (unpaired) electrons. The molecule has 5 heteroatoms. The van der Waals surface area contributed by atoms with Crippen LogP contribution < -0.4 is 0 Å². The lowest BCUT2D eigenvalue weighted by molar-refractivity contribution is 0.678. The number of rotatable bonds is 2. The molecular weight excluding hydrogens is 279 g/mol. The van der Waals surface area contributed by atoms with Gasteiger partial charge in [0.1, 0.15) is 5.82 Å². The third kappa shape index (κ3) is 1.83. The standard InChI is InChI=1S/C12H11Cl3N2/c1-6-2-10(6)17-11-4-8(15)7(14)3-9(11)16-12(17)5-13/h3-4,6,10H,2,5H2,1H3. The Morgan fingerprint density at radius 1 is 1.35 bits per heavy atom. The Balaban J connectivity index is 2.26. The first kappa shape index (κ1) is 11.6. The lowest BCUT2D eigenvalue weighted by Crippen LogP contribution is -2.00. The highest BCUT2D eigenvalue weighted by Gasteiger charge is 2.36. The number of halogens is 3. The SMILES string of the molecule is CC1CC1n1c(CCl)nc2cc(Cl)c(Cl)cc21. The highest BCUT2D eigenvalue weighted by molar-refractivity contribution is 6.42. The number of aromatic nitrogens is 2. The summed E-state index contributed by atoms with van der Waals surface area (Å²) in [6, 6.07) is 4.19. The molecule has 1 aliphatic rings. The molecule has 1 aromatic heterocycles. The normalized spacial score (nSPS) is 23.3.